The Bertz CT molecular complexity index is 232. The van der Waals surface area contributed by atoms with E-state index in [9.17, 15) is 0 Å². The van der Waals surface area contributed by atoms with E-state index in [1.165, 1.54) is 56.3 Å². The summed E-state index contributed by atoms with van der Waals surface area (Å²) >= 11 is 4.34. The summed E-state index contributed by atoms with van der Waals surface area (Å²) in [6.07, 6.45) is 2.61. The average molecular weight is 289 g/mol. The zero-order chi connectivity index (χ0) is 12.8. The molecule has 2 aliphatic heterocycles. The van der Waals surface area contributed by atoms with Crippen LogP contribution in [0.25, 0.3) is 0 Å². The van der Waals surface area contributed by atoms with Gasteiger partial charge in [-0.15, -0.1) is 0 Å². The van der Waals surface area contributed by atoms with Gasteiger partial charge in [0.15, 0.2) is 0 Å². The number of nitrogens with zero attached hydrogens (tertiary/aromatic N) is 1. The molecule has 0 radical (unpaired) electrons. The van der Waals surface area contributed by atoms with Crippen molar-refractivity contribution in [2.45, 2.75) is 38.0 Å². The molecule has 0 aliphatic carbocycles. The van der Waals surface area contributed by atoms with Gasteiger partial charge in [-0.05, 0) is 25.4 Å². The van der Waals surface area contributed by atoms with Gasteiger partial charge < -0.3 is 10.2 Å². The third-order valence-corrected chi connectivity index (χ3v) is 7.02. The van der Waals surface area contributed by atoms with E-state index in [0.717, 1.165) is 11.2 Å². The number of hydrogen-bond donors (Lipinski definition) is 1. The highest BCUT2D eigenvalue weighted by atomic mass is 32.2. The molecule has 2 heterocycles. The zero-order valence-corrected chi connectivity index (χ0v) is 13.5. The van der Waals surface area contributed by atoms with Crippen molar-refractivity contribution < 1.29 is 0 Å². The van der Waals surface area contributed by atoms with Crippen LogP contribution >= 0.6 is 23.5 Å². The fourth-order valence-corrected chi connectivity index (χ4v) is 5.50. The molecule has 106 valence electrons. The van der Waals surface area contributed by atoms with Crippen molar-refractivity contribution in [2.75, 3.05) is 43.4 Å². The molecule has 2 fully saturated rings. The van der Waals surface area contributed by atoms with Gasteiger partial charge in [0.2, 0.25) is 0 Å². The van der Waals surface area contributed by atoms with Gasteiger partial charge in [0.05, 0.1) is 0 Å². The van der Waals surface area contributed by atoms with Crippen LogP contribution in [0.5, 0.6) is 0 Å². The molecule has 3 atom stereocenters. The lowest BCUT2D eigenvalue weighted by atomic mass is 9.99. The standard InChI is InChI=1S/C14H28N2S2/c1-3-12(2)14-10-16(6-4-5-15-14)9-13-11-17-7-8-18-13/h12-15H,3-11H2,1-2H3. The van der Waals surface area contributed by atoms with Crippen LogP contribution in [-0.4, -0.2) is 59.6 Å². The first-order valence-electron chi connectivity index (χ1n) is 7.44. The van der Waals surface area contributed by atoms with Crippen molar-refractivity contribution in [2.24, 2.45) is 5.92 Å². The van der Waals surface area contributed by atoms with Gasteiger partial charge in [-0.3, -0.25) is 0 Å². The summed E-state index contributed by atoms with van der Waals surface area (Å²) < 4.78 is 0. The lowest BCUT2D eigenvalue weighted by Crippen LogP contribution is -2.44. The summed E-state index contributed by atoms with van der Waals surface area (Å²) in [4.78, 5) is 2.72. The molecule has 2 saturated heterocycles. The van der Waals surface area contributed by atoms with Gasteiger partial charge in [0.25, 0.3) is 0 Å². The van der Waals surface area contributed by atoms with Gasteiger partial charge in [-0.25, -0.2) is 0 Å². The molecule has 18 heavy (non-hydrogen) atoms. The minimum atomic E-state index is 0.707. The predicted octanol–water partition coefficient (Wildman–Crippen LogP) is 2.54. The molecular weight excluding hydrogens is 260 g/mol. The van der Waals surface area contributed by atoms with E-state index in [2.05, 4.69) is 47.6 Å². The van der Waals surface area contributed by atoms with Crippen molar-refractivity contribution in [1.82, 2.24) is 10.2 Å². The molecular formula is C14H28N2S2. The topological polar surface area (TPSA) is 15.3 Å². The molecule has 0 bridgehead atoms. The first kappa shape index (κ1) is 15.0. The quantitative estimate of drug-likeness (QED) is 0.855. The van der Waals surface area contributed by atoms with E-state index in [0.29, 0.717) is 6.04 Å². The lowest BCUT2D eigenvalue weighted by molar-refractivity contribution is 0.241. The molecule has 1 N–H and O–H groups in total. The second kappa shape index (κ2) is 8.03. The molecule has 3 unspecified atom stereocenters. The number of nitrogens with one attached hydrogen (secondary N) is 1. The van der Waals surface area contributed by atoms with Crippen molar-refractivity contribution in [3.63, 3.8) is 0 Å². The Morgan fingerprint density at radius 3 is 3.00 bits per heavy atom. The Kier molecular flexibility index (Phi) is 6.70. The lowest BCUT2D eigenvalue weighted by Gasteiger charge is -2.31. The predicted molar refractivity (Wildman–Crippen MR) is 85.9 cm³/mol. The third kappa shape index (κ3) is 4.62. The summed E-state index contributed by atoms with van der Waals surface area (Å²) in [5, 5.41) is 4.62. The fourth-order valence-electron chi connectivity index (χ4n) is 2.79. The summed E-state index contributed by atoms with van der Waals surface area (Å²) in [7, 11) is 0. The summed E-state index contributed by atoms with van der Waals surface area (Å²) in [5.74, 6) is 4.88. The maximum atomic E-state index is 3.75. The maximum Gasteiger partial charge on any atom is 0.0265 e. The van der Waals surface area contributed by atoms with Crippen LogP contribution in [0.15, 0.2) is 0 Å². The largest absolute Gasteiger partial charge is 0.312 e. The smallest absolute Gasteiger partial charge is 0.0265 e. The zero-order valence-electron chi connectivity index (χ0n) is 11.9. The van der Waals surface area contributed by atoms with Gasteiger partial charge in [0.1, 0.15) is 0 Å². The first-order valence-corrected chi connectivity index (χ1v) is 9.65. The molecule has 2 nitrogen and oxygen atoms in total. The molecule has 2 aliphatic rings. The first-order chi connectivity index (χ1) is 8.79. The molecule has 0 saturated carbocycles. The van der Waals surface area contributed by atoms with Crippen molar-refractivity contribution in [3.05, 3.63) is 0 Å². The highest BCUT2D eigenvalue weighted by molar-refractivity contribution is 8.06. The van der Waals surface area contributed by atoms with Crippen LogP contribution in [0.2, 0.25) is 0 Å². The van der Waals surface area contributed by atoms with Crippen molar-refractivity contribution >= 4 is 23.5 Å². The SMILES string of the molecule is CCC(C)C1CN(CC2CSCCS2)CCCN1. The Hall–Kier alpha value is 0.620. The second-order valence-corrected chi connectivity index (χ2v) is 8.19. The molecule has 0 aromatic heterocycles. The number of rotatable bonds is 4. The minimum absolute atomic E-state index is 0.707. The molecule has 0 amide bonds. The summed E-state index contributed by atoms with van der Waals surface area (Å²) in [5.41, 5.74) is 0. The number of thioether (sulfide) groups is 2. The Morgan fingerprint density at radius 2 is 2.28 bits per heavy atom. The van der Waals surface area contributed by atoms with Gasteiger partial charge in [0, 0.05) is 41.6 Å². The average Bonchev–Trinajstić information content (AvgIpc) is 2.65. The van der Waals surface area contributed by atoms with E-state index < -0.39 is 0 Å². The van der Waals surface area contributed by atoms with E-state index in [1.54, 1.807) is 0 Å². The fraction of sp³-hybridized carbons (Fsp3) is 1.00. The molecule has 4 heteroatoms. The maximum absolute atomic E-state index is 3.75. The Labute approximate surface area is 121 Å². The monoisotopic (exact) mass is 288 g/mol. The van der Waals surface area contributed by atoms with Crippen LogP contribution in [0, 0.1) is 5.92 Å². The van der Waals surface area contributed by atoms with E-state index >= 15 is 0 Å². The number of hydrogen-bond acceptors (Lipinski definition) is 4. The Morgan fingerprint density at radius 1 is 1.39 bits per heavy atom. The van der Waals surface area contributed by atoms with Crippen LogP contribution in [0.1, 0.15) is 26.7 Å². The molecule has 0 aromatic carbocycles. The summed E-state index contributed by atoms with van der Waals surface area (Å²) in [6.45, 7) is 9.78. The Balaban J connectivity index is 1.82. The van der Waals surface area contributed by atoms with Gasteiger partial charge >= 0.3 is 0 Å². The van der Waals surface area contributed by atoms with E-state index in [4.69, 9.17) is 0 Å². The molecule has 2 rings (SSSR count). The highest BCUT2D eigenvalue weighted by Gasteiger charge is 2.24. The summed E-state index contributed by atoms with van der Waals surface area (Å²) in [6, 6.07) is 0.707. The van der Waals surface area contributed by atoms with Crippen molar-refractivity contribution in [1.29, 1.82) is 0 Å². The van der Waals surface area contributed by atoms with Crippen LogP contribution in [0.4, 0.5) is 0 Å². The minimum Gasteiger partial charge on any atom is -0.312 e. The van der Waals surface area contributed by atoms with E-state index in [1.807, 2.05) is 0 Å². The van der Waals surface area contributed by atoms with Crippen LogP contribution < -0.4 is 5.32 Å². The second-order valence-electron chi connectivity index (χ2n) is 5.63. The molecule has 0 spiro atoms. The molecule has 0 aromatic rings. The van der Waals surface area contributed by atoms with E-state index in [-0.39, 0.29) is 0 Å². The van der Waals surface area contributed by atoms with Gasteiger partial charge in [-0.2, -0.15) is 23.5 Å². The van der Waals surface area contributed by atoms with Crippen LogP contribution in [-0.2, 0) is 0 Å². The van der Waals surface area contributed by atoms with Crippen LogP contribution in [0.3, 0.4) is 0 Å². The van der Waals surface area contributed by atoms with Crippen molar-refractivity contribution in [3.8, 4) is 0 Å². The normalized spacial score (nSPS) is 33.0. The highest BCUT2D eigenvalue weighted by Crippen LogP contribution is 2.25. The third-order valence-electron chi connectivity index (χ3n) is 4.19. The van der Waals surface area contributed by atoms with Gasteiger partial charge in [-0.1, -0.05) is 20.3 Å².